The van der Waals surface area contributed by atoms with Crippen molar-refractivity contribution in [1.29, 1.82) is 0 Å². The fraction of sp³-hybridized carbons (Fsp3) is 0.724. The first-order chi connectivity index (χ1) is 17.7. The predicted octanol–water partition coefficient (Wildman–Crippen LogP) is 7.29. The summed E-state index contributed by atoms with van der Waals surface area (Å²) >= 11 is 0. The highest BCUT2D eigenvalue weighted by Crippen LogP contribution is 2.34. The lowest BCUT2D eigenvalue weighted by Gasteiger charge is -2.16. The van der Waals surface area contributed by atoms with Gasteiger partial charge in [-0.1, -0.05) is 110 Å². The maximum Gasteiger partial charge on any atom is 0.237 e. The Kier molecular flexibility index (Phi) is 14.0. The minimum Gasteiger partial charge on any atom is -0.506 e. The van der Waals surface area contributed by atoms with Gasteiger partial charge in [0.2, 0.25) is 21.8 Å². The van der Waals surface area contributed by atoms with Crippen molar-refractivity contribution in [2.75, 3.05) is 15.9 Å². The number of amides is 2. The van der Waals surface area contributed by atoms with Crippen molar-refractivity contribution >= 4 is 33.2 Å². The zero-order valence-corrected chi connectivity index (χ0v) is 23.8. The van der Waals surface area contributed by atoms with Crippen LogP contribution in [0.4, 0.5) is 11.4 Å². The number of nitrogens with zero attached hydrogens (tertiary/aromatic N) is 1. The summed E-state index contributed by atoms with van der Waals surface area (Å²) in [6.45, 7) is 2.26. The molecule has 1 aliphatic rings. The van der Waals surface area contributed by atoms with Gasteiger partial charge in [0.1, 0.15) is 5.75 Å². The first-order valence-electron chi connectivity index (χ1n) is 14.4. The molecular weight excluding hydrogens is 488 g/mol. The minimum absolute atomic E-state index is 0.00932. The van der Waals surface area contributed by atoms with Gasteiger partial charge < -0.3 is 5.11 Å². The Morgan fingerprint density at radius 3 is 1.78 bits per heavy atom. The monoisotopic (exact) mass is 536 g/mol. The van der Waals surface area contributed by atoms with Crippen molar-refractivity contribution in [3.05, 3.63) is 18.2 Å². The number of rotatable bonds is 20. The van der Waals surface area contributed by atoms with Gasteiger partial charge >= 0.3 is 0 Å². The summed E-state index contributed by atoms with van der Waals surface area (Å²) in [7, 11) is -3.55. The second kappa shape index (κ2) is 16.7. The van der Waals surface area contributed by atoms with Crippen molar-refractivity contribution in [3.63, 3.8) is 0 Å². The molecule has 1 aliphatic heterocycles. The van der Waals surface area contributed by atoms with Crippen molar-refractivity contribution in [2.45, 2.75) is 122 Å². The van der Waals surface area contributed by atoms with Gasteiger partial charge in [-0.25, -0.2) is 8.42 Å². The number of benzene rings is 1. The number of phenolic OH excluding ortho intramolecular Hbond substituents is 1. The number of carbonyl (C=O) groups excluding carboxylic acids is 2. The molecule has 0 radical (unpaired) electrons. The van der Waals surface area contributed by atoms with E-state index in [0.717, 1.165) is 24.0 Å². The number of anilines is 2. The number of carbonyl (C=O) groups is 2. The largest absolute Gasteiger partial charge is 0.506 e. The number of phenols is 1. The molecule has 2 amide bonds. The number of hydrogen-bond donors (Lipinski definition) is 2. The summed E-state index contributed by atoms with van der Waals surface area (Å²) in [5.74, 6) is -1.18. The molecule has 0 bridgehead atoms. The van der Waals surface area contributed by atoms with Crippen LogP contribution in [-0.2, 0) is 19.6 Å². The first kappa shape index (κ1) is 31.1. The molecule has 0 saturated carbocycles. The van der Waals surface area contributed by atoms with Crippen LogP contribution in [0, 0.1) is 5.92 Å². The van der Waals surface area contributed by atoms with E-state index in [9.17, 15) is 23.1 Å². The SMILES string of the molecule is CCCCCCCCCCCCCCCCCC[C@@H]1CC(=O)N(c2ccc(NS(C)(=O)=O)c(O)c2)C1=O. The van der Waals surface area contributed by atoms with Crippen molar-refractivity contribution in [3.8, 4) is 5.75 Å². The molecule has 37 heavy (non-hydrogen) atoms. The third-order valence-corrected chi connectivity index (χ3v) is 7.77. The molecule has 1 aromatic carbocycles. The second-order valence-corrected chi connectivity index (χ2v) is 12.4. The summed E-state index contributed by atoms with van der Waals surface area (Å²) in [5, 5.41) is 10.1. The molecule has 8 heteroatoms. The van der Waals surface area contributed by atoms with E-state index >= 15 is 0 Å². The van der Waals surface area contributed by atoms with Crippen LogP contribution in [0.1, 0.15) is 122 Å². The van der Waals surface area contributed by atoms with Crippen LogP contribution in [-0.4, -0.2) is 31.6 Å². The Bertz CT molecular complexity index is 948. The lowest BCUT2D eigenvalue weighted by atomic mass is 9.98. The molecule has 2 N–H and O–H groups in total. The molecule has 0 aromatic heterocycles. The van der Waals surface area contributed by atoms with Crippen LogP contribution in [0.2, 0.25) is 0 Å². The Morgan fingerprint density at radius 1 is 0.838 bits per heavy atom. The third-order valence-electron chi connectivity index (χ3n) is 7.18. The number of imide groups is 1. The maximum absolute atomic E-state index is 12.8. The summed E-state index contributed by atoms with van der Waals surface area (Å²) in [6.07, 6.45) is 22.6. The quantitative estimate of drug-likeness (QED) is 0.103. The number of sulfonamides is 1. The van der Waals surface area contributed by atoms with Crippen LogP contribution in [0.5, 0.6) is 5.75 Å². The molecule has 210 valence electrons. The molecule has 0 spiro atoms. The Morgan fingerprint density at radius 2 is 1.32 bits per heavy atom. The van der Waals surface area contributed by atoms with Crippen molar-refractivity contribution in [1.82, 2.24) is 0 Å². The van der Waals surface area contributed by atoms with Gasteiger partial charge in [0, 0.05) is 18.4 Å². The van der Waals surface area contributed by atoms with Gasteiger partial charge in [-0.05, 0) is 18.6 Å². The van der Waals surface area contributed by atoms with Gasteiger partial charge in [0.05, 0.1) is 17.6 Å². The van der Waals surface area contributed by atoms with E-state index in [1.54, 1.807) is 0 Å². The molecule has 1 fully saturated rings. The van der Waals surface area contributed by atoms with E-state index in [1.807, 2.05) is 0 Å². The van der Waals surface area contributed by atoms with E-state index in [0.29, 0.717) is 6.42 Å². The second-order valence-electron chi connectivity index (χ2n) is 10.6. The normalized spacial score (nSPS) is 16.1. The summed E-state index contributed by atoms with van der Waals surface area (Å²) in [6, 6.07) is 4.08. The highest BCUT2D eigenvalue weighted by Gasteiger charge is 2.39. The van der Waals surface area contributed by atoms with E-state index in [1.165, 1.54) is 108 Å². The van der Waals surface area contributed by atoms with E-state index < -0.39 is 10.0 Å². The average molecular weight is 537 g/mol. The van der Waals surface area contributed by atoms with E-state index in [-0.39, 0.29) is 41.3 Å². The van der Waals surface area contributed by atoms with E-state index in [2.05, 4.69) is 11.6 Å². The molecule has 1 aromatic rings. The Labute approximate surface area is 224 Å². The summed E-state index contributed by atoms with van der Waals surface area (Å²) < 4.78 is 25.0. The Hall–Kier alpha value is -2.09. The summed E-state index contributed by atoms with van der Waals surface area (Å²) in [4.78, 5) is 26.5. The number of aromatic hydroxyl groups is 1. The van der Waals surface area contributed by atoms with Crippen LogP contribution in [0.3, 0.4) is 0 Å². The van der Waals surface area contributed by atoms with Crippen LogP contribution < -0.4 is 9.62 Å². The third kappa shape index (κ3) is 11.9. The topological polar surface area (TPSA) is 104 Å². The maximum atomic E-state index is 12.8. The Balaban J connectivity index is 1.56. The molecular formula is C29H48N2O5S. The van der Waals surface area contributed by atoms with Crippen molar-refractivity contribution < 1.29 is 23.1 Å². The molecule has 1 heterocycles. The number of unbranched alkanes of at least 4 members (excludes halogenated alkanes) is 15. The fourth-order valence-electron chi connectivity index (χ4n) is 5.08. The van der Waals surface area contributed by atoms with Crippen LogP contribution in [0.25, 0.3) is 0 Å². The molecule has 1 atom stereocenters. The molecule has 0 unspecified atom stereocenters. The first-order valence-corrected chi connectivity index (χ1v) is 16.3. The van der Waals surface area contributed by atoms with Crippen LogP contribution >= 0.6 is 0 Å². The summed E-state index contributed by atoms with van der Waals surface area (Å²) in [5.41, 5.74) is 0.274. The van der Waals surface area contributed by atoms with Gasteiger partial charge in [0.15, 0.2) is 0 Å². The zero-order valence-electron chi connectivity index (χ0n) is 23.0. The van der Waals surface area contributed by atoms with Gasteiger partial charge in [-0.3, -0.25) is 19.2 Å². The zero-order chi connectivity index (χ0) is 27.1. The lowest BCUT2D eigenvalue weighted by Crippen LogP contribution is -2.30. The smallest absolute Gasteiger partial charge is 0.237 e. The van der Waals surface area contributed by atoms with E-state index in [4.69, 9.17) is 0 Å². The number of nitrogens with one attached hydrogen (secondary N) is 1. The molecule has 7 nitrogen and oxygen atoms in total. The van der Waals surface area contributed by atoms with Gasteiger partial charge in [-0.2, -0.15) is 0 Å². The van der Waals surface area contributed by atoms with Crippen molar-refractivity contribution in [2.24, 2.45) is 5.92 Å². The molecule has 1 saturated heterocycles. The van der Waals surface area contributed by atoms with Gasteiger partial charge in [0.25, 0.3) is 0 Å². The highest BCUT2D eigenvalue weighted by atomic mass is 32.2. The molecule has 0 aliphatic carbocycles. The predicted molar refractivity (Wildman–Crippen MR) is 151 cm³/mol. The lowest BCUT2D eigenvalue weighted by molar-refractivity contribution is -0.122. The fourth-order valence-corrected chi connectivity index (χ4v) is 5.65. The highest BCUT2D eigenvalue weighted by molar-refractivity contribution is 7.92. The van der Waals surface area contributed by atoms with Crippen LogP contribution in [0.15, 0.2) is 18.2 Å². The minimum atomic E-state index is -3.55. The average Bonchev–Trinajstić information content (AvgIpc) is 3.12. The van der Waals surface area contributed by atoms with Gasteiger partial charge in [-0.15, -0.1) is 0 Å². The standard InChI is InChI=1S/C29H48N2O5S/c1-3-4-5-6-7-8-9-10-11-12-13-14-15-16-17-18-19-24-22-28(33)31(29(24)34)25-20-21-26(27(32)23-25)30-37(2,35)36/h20-21,23-24,30,32H,3-19,22H2,1-2H3/t24-/m1/s1. The number of hydrogen-bond acceptors (Lipinski definition) is 5. The molecule has 2 rings (SSSR count).